The van der Waals surface area contributed by atoms with Crippen LogP contribution in [0, 0.1) is 12.8 Å². The molecule has 6 nitrogen and oxygen atoms in total. The van der Waals surface area contributed by atoms with Gasteiger partial charge >= 0.3 is 0 Å². The van der Waals surface area contributed by atoms with E-state index in [1.165, 1.54) is 0 Å². The number of hydrogen-bond acceptors (Lipinski definition) is 4. The number of nitrogens with one attached hydrogen (secondary N) is 2. The van der Waals surface area contributed by atoms with Crippen LogP contribution in [0.5, 0.6) is 5.75 Å². The Hall–Kier alpha value is -2.86. The lowest BCUT2D eigenvalue weighted by Gasteiger charge is -2.20. The molecule has 1 unspecified atom stereocenters. The molecule has 1 aliphatic heterocycles. The zero-order chi connectivity index (χ0) is 20.1. The molecule has 2 aromatic rings. The fraction of sp³-hybridized carbons (Fsp3) is 0.364. The number of carbonyl (C=O) groups is 2. The van der Waals surface area contributed by atoms with Crippen molar-refractivity contribution in [2.24, 2.45) is 5.92 Å². The number of methoxy groups -OCH3 is 1. The molecule has 28 heavy (non-hydrogen) atoms. The Morgan fingerprint density at radius 3 is 2.79 bits per heavy atom. The molecule has 0 aromatic heterocycles. The SMILES string of the molecule is CCNCc1ccccc1NC(=O)C1CC(=O)N(c2cc(C)ccc2OC)C1. The third-order valence-corrected chi connectivity index (χ3v) is 4.96. The van der Waals surface area contributed by atoms with Crippen molar-refractivity contribution in [1.29, 1.82) is 0 Å². The first-order chi connectivity index (χ1) is 13.5. The molecule has 2 aromatic carbocycles. The molecular weight excluding hydrogens is 354 g/mol. The maximum Gasteiger partial charge on any atom is 0.229 e. The molecular formula is C22H27N3O3. The van der Waals surface area contributed by atoms with Gasteiger partial charge in [-0.25, -0.2) is 0 Å². The van der Waals surface area contributed by atoms with Gasteiger partial charge in [-0.15, -0.1) is 0 Å². The summed E-state index contributed by atoms with van der Waals surface area (Å²) in [5.41, 5.74) is 3.57. The number of hydrogen-bond donors (Lipinski definition) is 2. The van der Waals surface area contributed by atoms with Gasteiger partial charge in [-0.05, 0) is 42.8 Å². The van der Waals surface area contributed by atoms with Gasteiger partial charge in [0.15, 0.2) is 0 Å². The summed E-state index contributed by atoms with van der Waals surface area (Å²) in [4.78, 5) is 27.1. The molecule has 0 saturated carbocycles. The maximum atomic E-state index is 12.8. The van der Waals surface area contributed by atoms with E-state index in [1.54, 1.807) is 12.0 Å². The molecule has 148 valence electrons. The van der Waals surface area contributed by atoms with Crippen molar-refractivity contribution in [2.45, 2.75) is 26.8 Å². The standard InChI is InChI=1S/C22H27N3O3/c1-4-23-13-16-7-5-6-8-18(16)24-22(27)17-12-21(26)25(14-17)19-11-15(2)9-10-20(19)28-3/h5-11,17,23H,4,12-14H2,1-3H3,(H,24,27). The second kappa shape index (κ2) is 8.89. The number of rotatable bonds is 7. The molecule has 2 amide bonds. The van der Waals surface area contributed by atoms with Gasteiger partial charge in [0.25, 0.3) is 0 Å². The normalized spacial score (nSPS) is 16.3. The number of para-hydroxylation sites is 1. The predicted molar refractivity (Wildman–Crippen MR) is 111 cm³/mol. The third kappa shape index (κ3) is 4.34. The first-order valence-electron chi connectivity index (χ1n) is 9.58. The van der Waals surface area contributed by atoms with Crippen LogP contribution < -0.4 is 20.3 Å². The van der Waals surface area contributed by atoms with Gasteiger partial charge in [0.05, 0.1) is 18.7 Å². The summed E-state index contributed by atoms with van der Waals surface area (Å²) in [6, 6.07) is 13.4. The highest BCUT2D eigenvalue weighted by molar-refractivity contribution is 6.04. The quantitative estimate of drug-likeness (QED) is 0.773. The van der Waals surface area contributed by atoms with Gasteiger partial charge in [-0.2, -0.15) is 0 Å². The summed E-state index contributed by atoms with van der Waals surface area (Å²) in [5, 5.41) is 6.28. The van der Waals surface area contributed by atoms with Crippen LogP contribution in [0.15, 0.2) is 42.5 Å². The number of aryl methyl sites for hydroxylation is 1. The molecule has 0 spiro atoms. The Bertz CT molecular complexity index is 866. The molecule has 6 heteroatoms. The van der Waals surface area contributed by atoms with Gasteiger partial charge in [-0.3, -0.25) is 9.59 Å². The van der Waals surface area contributed by atoms with E-state index >= 15 is 0 Å². The Morgan fingerprint density at radius 1 is 1.25 bits per heavy atom. The van der Waals surface area contributed by atoms with Crippen LogP contribution in [0.2, 0.25) is 0 Å². The Labute approximate surface area is 165 Å². The van der Waals surface area contributed by atoms with Crippen molar-refractivity contribution in [1.82, 2.24) is 5.32 Å². The minimum Gasteiger partial charge on any atom is -0.495 e. The van der Waals surface area contributed by atoms with E-state index in [1.807, 2.05) is 56.3 Å². The highest BCUT2D eigenvalue weighted by Gasteiger charge is 2.36. The number of ether oxygens (including phenoxy) is 1. The first-order valence-corrected chi connectivity index (χ1v) is 9.58. The van der Waals surface area contributed by atoms with Crippen LogP contribution in [0.3, 0.4) is 0 Å². The van der Waals surface area contributed by atoms with E-state index in [2.05, 4.69) is 10.6 Å². The molecule has 0 aliphatic carbocycles. The van der Waals surface area contributed by atoms with Gasteiger partial charge in [0.2, 0.25) is 11.8 Å². The van der Waals surface area contributed by atoms with Crippen molar-refractivity contribution < 1.29 is 14.3 Å². The van der Waals surface area contributed by atoms with Crippen LogP contribution in [0.1, 0.15) is 24.5 Å². The molecule has 0 radical (unpaired) electrons. The topological polar surface area (TPSA) is 70.7 Å². The molecule has 1 fully saturated rings. The summed E-state index contributed by atoms with van der Waals surface area (Å²) in [6.07, 6.45) is 0.193. The molecule has 1 atom stereocenters. The lowest BCUT2D eigenvalue weighted by molar-refractivity contribution is -0.122. The average Bonchev–Trinajstić information content (AvgIpc) is 3.09. The van der Waals surface area contributed by atoms with Crippen LogP contribution in [0.25, 0.3) is 0 Å². The van der Waals surface area contributed by atoms with Gasteiger partial charge in [-0.1, -0.05) is 31.2 Å². The Morgan fingerprint density at radius 2 is 2.04 bits per heavy atom. The van der Waals surface area contributed by atoms with Crippen LogP contribution in [-0.2, 0) is 16.1 Å². The summed E-state index contributed by atoms with van der Waals surface area (Å²) in [7, 11) is 1.58. The van der Waals surface area contributed by atoms with Crippen molar-refractivity contribution in [3.8, 4) is 5.75 Å². The second-order valence-corrected chi connectivity index (χ2v) is 7.01. The minimum atomic E-state index is -0.398. The minimum absolute atomic E-state index is 0.0648. The third-order valence-electron chi connectivity index (χ3n) is 4.96. The van der Waals surface area contributed by atoms with Crippen molar-refractivity contribution in [3.63, 3.8) is 0 Å². The van der Waals surface area contributed by atoms with E-state index < -0.39 is 5.92 Å². The van der Waals surface area contributed by atoms with Crippen LogP contribution in [-0.4, -0.2) is 32.0 Å². The van der Waals surface area contributed by atoms with Crippen molar-refractivity contribution in [2.75, 3.05) is 30.4 Å². The number of anilines is 2. The van der Waals surface area contributed by atoms with Crippen LogP contribution >= 0.6 is 0 Å². The van der Waals surface area contributed by atoms with E-state index in [-0.39, 0.29) is 18.2 Å². The van der Waals surface area contributed by atoms with Gasteiger partial charge < -0.3 is 20.3 Å². The summed E-state index contributed by atoms with van der Waals surface area (Å²) >= 11 is 0. The largest absolute Gasteiger partial charge is 0.495 e. The lowest BCUT2D eigenvalue weighted by atomic mass is 10.1. The molecule has 2 N–H and O–H groups in total. The Kier molecular flexibility index (Phi) is 6.31. The average molecular weight is 381 g/mol. The highest BCUT2D eigenvalue weighted by Crippen LogP contribution is 2.34. The molecule has 0 bridgehead atoms. The first kappa shape index (κ1) is 19.9. The summed E-state index contributed by atoms with van der Waals surface area (Å²) in [5.74, 6) is 0.0392. The van der Waals surface area contributed by atoms with Gasteiger partial charge in [0, 0.05) is 25.2 Å². The van der Waals surface area contributed by atoms with E-state index in [0.29, 0.717) is 18.8 Å². The fourth-order valence-electron chi connectivity index (χ4n) is 3.42. The monoisotopic (exact) mass is 381 g/mol. The summed E-state index contributed by atoms with van der Waals surface area (Å²) < 4.78 is 5.40. The van der Waals surface area contributed by atoms with E-state index in [9.17, 15) is 9.59 Å². The van der Waals surface area contributed by atoms with Gasteiger partial charge in [0.1, 0.15) is 5.75 Å². The maximum absolute atomic E-state index is 12.8. The number of nitrogens with zero attached hydrogens (tertiary/aromatic N) is 1. The molecule has 1 heterocycles. The Balaban J connectivity index is 1.74. The highest BCUT2D eigenvalue weighted by atomic mass is 16.5. The number of amides is 2. The smallest absolute Gasteiger partial charge is 0.229 e. The number of carbonyl (C=O) groups excluding carboxylic acids is 2. The summed E-state index contributed by atoms with van der Waals surface area (Å²) in [6.45, 7) is 5.89. The zero-order valence-electron chi connectivity index (χ0n) is 16.6. The van der Waals surface area contributed by atoms with Crippen molar-refractivity contribution >= 4 is 23.2 Å². The van der Waals surface area contributed by atoms with Crippen LogP contribution in [0.4, 0.5) is 11.4 Å². The second-order valence-electron chi connectivity index (χ2n) is 7.01. The molecule has 3 rings (SSSR count). The fourth-order valence-corrected chi connectivity index (χ4v) is 3.42. The molecule has 1 aliphatic rings. The van der Waals surface area contributed by atoms with E-state index in [0.717, 1.165) is 29.0 Å². The van der Waals surface area contributed by atoms with E-state index in [4.69, 9.17) is 4.74 Å². The lowest BCUT2D eigenvalue weighted by Crippen LogP contribution is -2.28. The zero-order valence-corrected chi connectivity index (χ0v) is 16.6. The predicted octanol–water partition coefficient (Wildman–Crippen LogP) is 3.10. The molecule has 1 saturated heterocycles. The number of benzene rings is 2. The van der Waals surface area contributed by atoms with Crippen molar-refractivity contribution in [3.05, 3.63) is 53.6 Å².